The first-order chi connectivity index (χ1) is 14.3. The SMILES string of the molecule is C=CCCCCCCCCCC1=NC(=Cc2[nH]c(-c3ccc[nH]3)cc2OC)C=C1. The van der Waals surface area contributed by atoms with Crippen LogP contribution in [0.4, 0.5) is 0 Å². The third-order valence-electron chi connectivity index (χ3n) is 5.27. The van der Waals surface area contributed by atoms with Crippen molar-refractivity contribution in [2.24, 2.45) is 4.99 Å². The maximum atomic E-state index is 5.53. The van der Waals surface area contributed by atoms with Crippen molar-refractivity contribution in [3.05, 3.63) is 60.6 Å². The van der Waals surface area contributed by atoms with Gasteiger partial charge in [0.2, 0.25) is 0 Å². The fourth-order valence-electron chi connectivity index (χ4n) is 3.64. The van der Waals surface area contributed by atoms with E-state index in [-0.39, 0.29) is 0 Å². The minimum atomic E-state index is 0.826. The van der Waals surface area contributed by atoms with Crippen molar-refractivity contribution < 1.29 is 4.74 Å². The number of aliphatic imine (C=N–C) groups is 1. The van der Waals surface area contributed by atoms with E-state index in [0.717, 1.165) is 41.4 Å². The van der Waals surface area contributed by atoms with Crippen LogP contribution in [0.5, 0.6) is 5.75 Å². The summed E-state index contributed by atoms with van der Waals surface area (Å²) < 4.78 is 5.53. The van der Waals surface area contributed by atoms with E-state index >= 15 is 0 Å². The van der Waals surface area contributed by atoms with Gasteiger partial charge in [-0.2, -0.15) is 0 Å². The smallest absolute Gasteiger partial charge is 0.144 e. The Kier molecular flexibility index (Phi) is 8.17. The zero-order chi connectivity index (χ0) is 20.3. The van der Waals surface area contributed by atoms with Gasteiger partial charge in [-0.05, 0) is 56.0 Å². The number of hydrogen-bond donors (Lipinski definition) is 2. The molecule has 154 valence electrons. The lowest BCUT2D eigenvalue weighted by molar-refractivity contribution is 0.414. The molecule has 2 aromatic rings. The fraction of sp³-hybridized carbons (Fsp3) is 0.400. The molecule has 0 aromatic carbocycles. The van der Waals surface area contributed by atoms with E-state index in [1.165, 1.54) is 50.7 Å². The maximum absolute atomic E-state index is 5.53. The Labute approximate surface area is 174 Å². The van der Waals surface area contributed by atoms with E-state index in [1.54, 1.807) is 7.11 Å². The number of allylic oxidation sites excluding steroid dienone is 3. The van der Waals surface area contributed by atoms with E-state index in [4.69, 9.17) is 9.73 Å². The molecule has 0 fully saturated rings. The van der Waals surface area contributed by atoms with Gasteiger partial charge in [0.05, 0.1) is 29.9 Å². The van der Waals surface area contributed by atoms with Gasteiger partial charge in [-0.3, -0.25) is 4.99 Å². The standard InChI is InChI=1S/C25H33N3O/c1-3-4-5-6-7-8-9-10-11-13-20-15-16-21(27-20)18-24-25(29-2)19-23(28-24)22-14-12-17-26-22/h3,12,14-19,26,28H,1,4-11,13H2,2H3. The summed E-state index contributed by atoms with van der Waals surface area (Å²) in [6.45, 7) is 3.78. The van der Waals surface area contributed by atoms with Crippen LogP contribution in [0.3, 0.4) is 0 Å². The Morgan fingerprint density at radius 3 is 2.55 bits per heavy atom. The molecule has 29 heavy (non-hydrogen) atoms. The lowest BCUT2D eigenvalue weighted by Crippen LogP contribution is -1.90. The number of ether oxygens (including phenoxy) is 1. The average Bonchev–Trinajstić information content (AvgIpc) is 3.48. The van der Waals surface area contributed by atoms with Gasteiger partial charge in [-0.25, -0.2) is 0 Å². The second-order valence-electron chi connectivity index (χ2n) is 7.56. The van der Waals surface area contributed by atoms with Crippen molar-refractivity contribution in [1.29, 1.82) is 0 Å². The minimum absolute atomic E-state index is 0.826. The molecule has 4 heteroatoms. The third-order valence-corrected chi connectivity index (χ3v) is 5.27. The number of unbranched alkanes of at least 4 members (excludes halogenated alkanes) is 7. The normalized spacial score (nSPS) is 14.5. The number of H-pyrrole nitrogens is 2. The molecule has 0 bridgehead atoms. The number of aromatic amines is 2. The molecule has 0 unspecified atom stereocenters. The van der Waals surface area contributed by atoms with Gasteiger partial charge >= 0.3 is 0 Å². The van der Waals surface area contributed by atoms with Crippen LogP contribution in [0.15, 0.2) is 59.9 Å². The van der Waals surface area contributed by atoms with E-state index in [1.807, 2.05) is 30.5 Å². The van der Waals surface area contributed by atoms with Crippen LogP contribution in [-0.2, 0) is 0 Å². The Morgan fingerprint density at radius 2 is 1.83 bits per heavy atom. The number of nitrogens with one attached hydrogen (secondary N) is 2. The minimum Gasteiger partial charge on any atom is -0.494 e. The molecule has 2 N–H and O–H groups in total. The number of methoxy groups -OCH3 is 1. The van der Waals surface area contributed by atoms with Crippen molar-refractivity contribution in [3.63, 3.8) is 0 Å². The molecule has 0 radical (unpaired) electrons. The largest absolute Gasteiger partial charge is 0.494 e. The second kappa shape index (κ2) is 11.3. The molecule has 4 nitrogen and oxygen atoms in total. The Bertz CT molecular complexity index is 853. The summed E-state index contributed by atoms with van der Waals surface area (Å²) in [5.41, 5.74) is 5.14. The quantitative estimate of drug-likeness (QED) is 0.278. The van der Waals surface area contributed by atoms with E-state index in [2.05, 4.69) is 34.8 Å². The summed E-state index contributed by atoms with van der Waals surface area (Å²) in [6.07, 6.45) is 21.6. The molecule has 0 saturated heterocycles. The first kappa shape index (κ1) is 21.0. The molecule has 3 rings (SSSR count). The van der Waals surface area contributed by atoms with Crippen LogP contribution in [0.2, 0.25) is 0 Å². The summed E-state index contributed by atoms with van der Waals surface area (Å²) in [4.78, 5) is 11.4. The van der Waals surface area contributed by atoms with Crippen LogP contribution in [0.25, 0.3) is 17.5 Å². The monoisotopic (exact) mass is 391 g/mol. The zero-order valence-corrected chi connectivity index (χ0v) is 17.5. The first-order valence-electron chi connectivity index (χ1n) is 10.8. The molecule has 0 saturated carbocycles. The topological polar surface area (TPSA) is 53.2 Å². The van der Waals surface area contributed by atoms with E-state index in [9.17, 15) is 0 Å². The first-order valence-corrected chi connectivity index (χ1v) is 10.8. The summed E-state index contributed by atoms with van der Waals surface area (Å²) in [7, 11) is 1.70. The van der Waals surface area contributed by atoms with Gasteiger partial charge in [-0.15, -0.1) is 6.58 Å². The molecular weight excluding hydrogens is 358 g/mol. The van der Waals surface area contributed by atoms with E-state index in [0.29, 0.717) is 0 Å². The van der Waals surface area contributed by atoms with Gasteiger partial charge in [0.15, 0.2) is 0 Å². The van der Waals surface area contributed by atoms with Gasteiger partial charge in [-0.1, -0.05) is 38.2 Å². The third kappa shape index (κ3) is 6.38. The van der Waals surface area contributed by atoms with Gasteiger partial charge < -0.3 is 14.7 Å². The molecule has 0 aliphatic carbocycles. The van der Waals surface area contributed by atoms with Gasteiger partial charge in [0.1, 0.15) is 5.75 Å². The molecular formula is C25H33N3O. The van der Waals surface area contributed by atoms with Crippen molar-refractivity contribution in [3.8, 4) is 17.1 Å². The predicted octanol–water partition coefficient (Wildman–Crippen LogP) is 7.07. The van der Waals surface area contributed by atoms with Crippen molar-refractivity contribution in [2.45, 2.75) is 57.8 Å². The second-order valence-corrected chi connectivity index (χ2v) is 7.56. The maximum Gasteiger partial charge on any atom is 0.144 e. The van der Waals surface area contributed by atoms with Crippen LogP contribution in [0.1, 0.15) is 63.5 Å². The Hall–Kier alpha value is -2.75. The predicted molar refractivity (Wildman–Crippen MR) is 123 cm³/mol. The molecule has 0 spiro atoms. The number of nitrogens with zero attached hydrogens (tertiary/aromatic N) is 1. The van der Waals surface area contributed by atoms with Crippen molar-refractivity contribution in [2.75, 3.05) is 7.11 Å². The van der Waals surface area contributed by atoms with Crippen LogP contribution >= 0.6 is 0 Å². The van der Waals surface area contributed by atoms with Gasteiger partial charge in [0.25, 0.3) is 0 Å². The molecule has 0 atom stereocenters. The lowest BCUT2D eigenvalue weighted by Gasteiger charge is -2.01. The number of aromatic nitrogens is 2. The van der Waals surface area contributed by atoms with Crippen LogP contribution in [-0.4, -0.2) is 22.8 Å². The summed E-state index contributed by atoms with van der Waals surface area (Å²) in [6, 6.07) is 6.04. The Morgan fingerprint density at radius 1 is 1.03 bits per heavy atom. The number of hydrogen-bond acceptors (Lipinski definition) is 2. The van der Waals surface area contributed by atoms with Gasteiger partial charge in [0, 0.05) is 18.0 Å². The molecule has 2 aromatic heterocycles. The average molecular weight is 392 g/mol. The zero-order valence-electron chi connectivity index (χ0n) is 17.5. The lowest BCUT2D eigenvalue weighted by atomic mass is 10.1. The molecule has 1 aliphatic rings. The highest BCUT2D eigenvalue weighted by atomic mass is 16.5. The molecule has 1 aliphatic heterocycles. The van der Waals surface area contributed by atoms with Crippen molar-refractivity contribution >= 4 is 11.8 Å². The van der Waals surface area contributed by atoms with Crippen molar-refractivity contribution in [1.82, 2.24) is 9.97 Å². The molecule has 0 amide bonds. The summed E-state index contributed by atoms with van der Waals surface area (Å²) in [5.74, 6) is 0.826. The molecule has 3 heterocycles. The highest BCUT2D eigenvalue weighted by molar-refractivity contribution is 5.99. The van der Waals surface area contributed by atoms with E-state index < -0.39 is 0 Å². The highest BCUT2D eigenvalue weighted by Gasteiger charge is 2.11. The van der Waals surface area contributed by atoms with Crippen LogP contribution < -0.4 is 4.74 Å². The number of rotatable bonds is 13. The van der Waals surface area contributed by atoms with Crippen LogP contribution in [0, 0.1) is 0 Å². The highest BCUT2D eigenvalue weighted by Crippen LogP contribution is 2.29. The fourth-order valence-corrected chi connectivity index (χ4v) is 3.64. The summed E-state index contributed by atoms with van der Waals surface area (Å²) >= 11 is 0. The Balaban J connectivity index is 1.45. The summed E-state index contributed by atoms with van der Waals surface area (Å²) in [5, 5.41) is 0.